The third-order valence-corrected chi connectivity index (χ3v) is 14.6. The van der Waals surface area contributed by atoms with Gasteiger partial charge in [-0.25, -0.2) is 0 Å². The van der Waals surface area contributed by atoms with Crippen molar-refractivity contribution in [3.63, 3.8) is 0 Å². The Morgan fingerprint density at radius 1 is 0.449 bits per heavy atom. The molecular weight excluding hydrogens is 971 g/mol. The molecule has 1 heterocycles. The minimum Gasteiger partial charge on any atom is -0.394 e. The molecule has 0 bridgehead atoms. The average molecular weight is 1090 g/mol. The van der Waals surface area contributed by atoms with Gasteiger partial charge in [0.1, 0.15) is 24.4 Å². The van der Waals surface area contributed by atoms with E-state index in [4.69, 9.17) is 9.47 Å². The molecule has 78 heavy (non-hydrogen) atoms. The molecule has 0 aromatic heterocycles. The van der Waals surface area contributed by atoms with Gasteiger partial charge in [0, 0.05) is 6.42 Å². The molecule has 1 amide bonds. The highest BCUT2D eigenvalue weighted by molar-refractivity contribution is 5.76. The molecule has 448 valence electrons. The van der Waals surface area contributed by atoms with E-state index in [1.54, 1.807) is 6.08 Å². The van der Waals surface area contributed by atoms with Crippen LogP contribution in [0.2, 0.25) is 0 Å². The van der Waals surface area contributed by atoms with E-state index in [0.717, 1.165) is 89.9 Å². The summed E-state index contributed by atoms with van der Waals surface area (Å²) in [6.07, 6.45) is 77.5. The molecule has 0 aromatic rings. The largest absolute Gasteiger partial charge is 0.394 e. The van der Waals surface area contributed by atoms with Gasteiger partial charge in [-0.1, -0.05) is 284 Å². The molecule has 0 saturated carbocycles. The molecule has 9 heteroatoms. The molecule has 7 atom stereocenters. The van der Waals surface area contributed by atoms with Crippen molar-refractivity contribution < 1.29 is 39.8 Å². The zero-order valence-corrected chi connectivity index (χ0v) is 49.9. The molecule has 1 aliphatic rings. The Kier molecular flexibility index (Phi) is 53.3. The van der Waals surface area contributed by atoms with Crippen LogP contribution in [0.15, 0.2) is 109 Å². The average Bonchev–Trinajstić information content (AvgIpc) is 3.46. The van der Waals surface area contributed by atoms with Crippen molar-refractivity contribution in [2.75, 3.05) is 13.2 Å². The summed E-state index contributed by atoms with van der Waals surface area (Å²) < 4.78 is 11.3. The third kappa shape index (κ3) is 45.6. The van der Waals surface area contributed by atoms with Crippen molar-refractivity contribution in [3.05, 3.63) is 109 Å². The maximum absolute atomic E-state index is 13.1. The molecular formula is C69H119NO8. The van der Waals surface area contributed by atoms with E-state index in [9.17, 15) is 30.3 Å². The Bertz CT molecular complexity index is 1590. The number of hydrogen-bond donors (Lipinski definition) is 6. The fourth-order valence-electron chi connectivity index (χ4n) is 9.59. The molecule has 1 saturated heterocycles. The number of hydrogen-bond acceptors (Lipinski definition) is 8. The van der Waals surface area contributed by atoms with Gasteiger partial charge in [0.2, 0.25) is 5.91 Å². The van der Waals surface area contributed by atoms with Crippen molar-refractivity contribution in [1.82, 2.24) is 5.32 Å². The van der Waals surface area contributed by atoms with Gasteiger partial charge in [-0.3, -0.25) is 4.79 Å². The minimum absolute atomic E-state index is 0.179. The molecule has 0 aromatic carbocycles. The van der Waals surface area contributed by atoms with Crippen molar-refractivity contribution in [3.8, 4) is 0 Å². The van der Waals surface area contributed by atoms with Gasteiger partial charge >= 0.3 is 0 Å². The summed E-state index contributed by atoms with van der Waals surface area (Å²) in [6, 6.07) is -0.809. The molecule has 1 rings (SSSR count). The number of aliphatic hydroxyl groups excluding tert-OH is 5. The normalized spacial score (nSPS) is 19.4. The molecule has 1 fully saturated rings. The second kappa shape index (κ2) is 57.1. The molecule has 0 radical (unpaired) electrons. The number of carbonyl (C=O) groups is 1. The predicted octanol–water partition coefficient (Wildman–Crippen LogP) is 16.9. The number of carbonyl (C=O) groups excluding carboxylic acids is 1. The van der Waals surface area contributed by atoms with Gasteiger partial charge in [0.05, 0.1) is 25.4 Å². The van der Waals surface area contributed by atoms with Crippen molar-refractivity contribution in [2.24, 2.45) is 0 Å². The summed E-state index contributed by atoms with van der Waals surface area (Å²) in [4.78, 5) is 13.1. The summed E-state index contributed by atoms with van der Waals surface area (Å²) in [7, 11) is 0. The lowest BCUT2D eigenvalue weighted by Gasteiger charge is -2.40. The highest BCUT2D eigenvalue weighted by Crippen LogP contribution is 2.23. The number of aliphatic hydroxyl groups is 5. The van der Waals surface area contributed by atoms with Crippen molar-refractivity contribution in [2.45, 2.75) is 307 Å². The van der Waals surface area contributed by atoms with E-state index in [1.807, 2.05) is 6.08 Å². The zero-order valence-electron chi connectivity index (χ0n) is 49.9. The van der Waals surface area contributed by atoms with E-state index in [0.29, 0.717) is 6.42 Å². The monoisotopic (exact) mass is 1090 g/mol. The van der Waals surface area contributed by atoms with Crippen LogP contribution < -0.4 is 5.32 Å². The van der Waals surface area contributed by atoms with Crippen LogP contribution in [0.3, 0.4) is 0 Å². The van der Waals surface area contributed by atoms with Crippen LogP contribution >= 0.6 is 0 Å². The minimum atomic E-state index is -1.57. The van der Waals surface area contributed by atoms with Gasteiger partial charge in [-0.15, -0.1) is 0 Å². The molecule has 1 aliphatic heterocycles. The lowest BCUT2D eigenvalue weighted by Crippen LogP contribution is -2.60. The summed E-state index contributed by atoms with van der Waals surface area (Å²) in [5.41, 5.74) is 0. The predicted molar refractivity (Wildman–Crippen MR) is 331 cm³/mol. The second-order valence-electron chi connectivity index (χ2n) is 21.8. The Morgan fingerprint density at radius 2 is 0.795 bits per heavy atom. The fourth-order valence-corrected chi connectivity index (χ4v) is 9.59. The maximum Gasteiger partial charge on any atom is 0.220 e. The molecule has 0 spiro atoms. The highest BCUT2D eigenvalue weighted by Gasteiger charge is 2.44. The maximum atomic E-state index is 13.1. The number of unbranched alkanes of at least 4 members (excludes halogenated alkanes) is 28. The number of ether oxygens (including phenoxy) is 2. The van der Waals surface area contributed by atoms with Crippen molar-refractivity contribution >= 4 is 5.91 Å². The Labute approximate surface area is 478 Å². The van der Waals surface area contributed by atoms with Crippen LogP contribution in [-0.4, -0.2) is 87.5 Å². The number of nitrogens with one attached hydrogen (secondary N) is 1. The standard InChI is InChI=1S/C69H119NO8/c1-3-5-7-9-11-13-15-17-19-20-21-22-23-24-25-26-27-28-29-30-31-32-33-34-35-36-37-38-39-40-41-42-43-44-45-47-49-51-53-55-57-59-65(73)70-62(61-77-69-68(76)67(75)66(74)64(60-71)78-69)63(72)58-56-54-52-50-48-46-18-16-14-12-10-8-6-4-2/h5,7,11,13,17,19,21-22,24-25,27-28,30-31,33-34,56,58,62-64,66-69,71-72,74-76H,3-4,6,8-10,12,14-16,18,20,23,26,29,32,35-55,57,59-61H2,1-2H3,(H,70,73)/b7-5-,13-11-,19-17-,22-21-,25-24-,28-27-,31-30-,34-33-,58-56+. The first-order valence-electron chi connectivity index (χ1n) is 32.1. The quantitative estimate of drug-likeness (QED) is 0.0261. The second-order valence-corrected chi connectivity index (χ2v) is 21.8. The smallest absolute Gasteiger partial charge is 0.220 e. The molecule has 7 unspecified atom stereocenters. The Hall–Kier alpha value is -3.15. The topological polar surface area (TPSA) is 149 Å². The van der Waals surface area contributed by atoms with Gasteiger partial charge in [0.15, 0.2) is 6.29 Å². The lowest BCUT2D eigenvalue weighted by molar-refractivity contribution is -0.302. The number of rotatable bonds is 54. The van der Waals surface area contributed by atoms with Gasteiger partial charge in [-0.05, 0) is 83.5 Å². The van der Waals surface area contributed by atoms with Crippen molar-refractivity contribution in [1.29, 1.82) is 0 Å². The lowest BCUT2D eigenvalue weighted by atomic mass is 9.99. The van der Waals surface area contributed by atoms with Gasteiger partial charge in [-0.2, -0.15) is 0 Å². The zero-order chi connectivity index (χ0) is 56.5. The van der Waals surface area contributed by atoms with E-state index < -0.39 is 49.5 Å². The number of allylic oxidation sites excluding steroid dienone is 17. The first-order valence-corrected chi connectivity index (χ1v) is 32.1. The molecule has 0 aliphatic carbocycles. The van der Waals surface area contributed by atoms with Gasteiger partial charge in [0.25, 0.3) is 0 Å². The fraction of sp³-hybridized carbons (Fsp3) is 0.725. The van der Waals surface area contributed by atoms with E-state index in [-0.39, 0.29) is 12.5 Å². The summed E-state index contributed by atoms with van der Waals surface area (Å²) in [5, 5.41) is 54.5. The summed E-state index contributed by atoms with van der Waals surface area (Å²) in [6.45, 7) is 3.66. The Balaban J connectivity index is 2.08. The van der Waals surface area contributed by atoms with Gasteiger partial charge < -0.3 is 40.3 Å². The first kappa shape index (κ1) is 72.9. The van der Waals surface area contributed by atoms with Crippen LogP contribution in [0.5, 0.6) is 0 Å². The van der Waals surface area contributed by atoms with E-state index >= 15 is 0 Å². The molecule has 9 nitrogen and oxygen atoms in total. The van der Waals surface area contributed by atoms with Crippen LogP contribution in [-0.2, 0) is 14.3 Å². The van der Waals surface area contributed by atoms with Crippen LogP contribution in [0.1, 0.15) is 264 Å². The van der Waals surface area contributed by atoms with E-state index in [1.165, 1.54) is 154 Å². The SMILES string of the molecule is CC/C=C\C/C=C\C/C=C\C/C=C\C/C=C\C/C=C\C/C=C\C/C=C\CCCCCCCCCCCCCCCCCCC(=O)NC(COC1OC(CO)C(O)C(O)C1O)C(O)/C=C/CCCCCCCCCCCCCC. The highest BCUT2D eigenvalue weighted by atomic mass is 16.7. The third-order valence-electron chi connectivity index (χ3n) is 14.6. The first-order chi connectivity index (χ1) is 38.3. The number of amides is 1. The van der Waals surface area contributed by atoms with E-state index in [2.05, 4.69) is 116 Å². The van der Waals surface area contributed by atoms with Crippen LogP contribution in [0.25, 0.3) is 0 Å². The van der Waals surface area contributed by atoms with Crippen LogP contribution in [0, 0.1) is 0 Å². The summed E-state index contributed by atoms with van der Waals surface area (Å²) in [5.74, 6) is -0.179. The molecule has 6 N–H and O–H groups in total. The van der Waals surface area contributed by atoms with Crippen LogP contribution in [0.4, 0.5) is 0 Å². The summed E-state index contributed by atoms with van der Waals surface area (Å²) >= 11 is 0. The Morgan fingerprint density at radius 3 is 1.18 bits per heavy atom.